The molecule has 0 unspecified atom stereocenters. The number of rotatable bonds is 23. The van der Waals surface area contributed by atoms with E-state index in [-0.39, 0.29) is 5.97 Å². The van der Waals surface area contributed by atoms with Crippen molar-refractivity contribution in [3.63, 3.8) is 0 Å². The van der Waals surface area contributed by atoms with Crippen LogP contribution in [0.1, 0.15) is 129 Å². The van der Waals surface area contributed by atoms with Gasteiger partial charge in [-0.05, 0) is 39.9 Å². The SMILES string of the molecule is CCCCCCCCCCCCCCCCCCOOC(=O)CCCCN(C)C. The predicted molar refractivity (Wildman–Crippen MR) is 124 cm³/mol. The van der Waals surface area contributed by atoms with Crippen LogP contribution >= 0.6 is 0 Å². The van der Waals surface area contributed by atoms with Crippen LogP contribution in [0.3, 0.4) is 0 Å². The predicted octanol–water partition coefficient (Wildman–Crippen LogP) is 7.45. The van der Waals surface area contributed by atoms with Gasteiger partial charge in [-0.3, -0.25) is 4.89 Å². The average Bonchev–Trinajstić information content (AvgIpc) is 2.70. The quantitative estimate of drug-likeness (QED) is 0.0990. The molecule has 29 heavy (non-hydrogen) atoms. The van der Waals surface area contributed by atoms with Crippen LogP contribution in [0.4, 0.5) is 0 Å². The van der Waals surface area contributed by atoms with Crippen LogP contribution in [0, 0.1) is 0 Å². The molecule has 0 spiro atoms. The fourth-order valence-electron chi connectivity index (χ4n) is 3.56. The zero-order chi connectivity index (χ0) is 21.4. The highest BCUT2D eigenvalue weighted by atomic mass is 17.2. The summed E-state index contributed by atoms with van der Waals surface area (Å²) in [6.07, 6.45) is 24.0. The van der Waals surface area contributed by atoms with Gasteiger partial charge in [-0.25, -0.2) is 4.79 Å². The van der Waals surface area contributed by atoms with E-state index in [2.05, 4.69) is 11.8 Å². The highest BCUT2D eigenvalue weighted by Gasteiger charge is 2.04. The van der Waals surface area contributed by atoms with Gasteiger partial charge in [0.1, 0.15) is 0 Å². The molecule has 0 fully saturated rings. The van der Waals surface area contributed by atoms with Crippen LogP contribution in [-0.4, -0.2) is 38.1 Å². The lowest BCUT2D eigenvalue weighted by Crippen LogP contribution is -2.13. The summed E-state index contributed by atoms with van der Waals surface area (Å²) < 4.78 is 0. The Labute approximate surface area is 182 Å². The van der Waals surface area contributed by atoms with Gasteiger partial charge in [-0.1, -0.05) is 103 Å². The molecule has 0 radical (unpaired) electrons. The summed E-state index contributed by atoms with van der Waals surface area (Å²) in [5.74, 6) is -0.236. The molecule has 0 amide bonds. The second-order valence-corrected chi connectivity index (χ2v) is 8.84. The van der Waals surface area contributed by atoms with Crippen molar-refractivity contribution in [1.29, 1.82) is 0 Å². The van der Waals surface area contributed by atoms with Crippen molar-refractivity contribution in [3.05, 3.63) is 0 Å². The molecule has 0 aliphatic carbocycles. The summed E-state index contributed by atoms with van der Waals surface area (Å²) in [5, 5.41) is 0. The molecule has 0 aliphatic heterocycles. The van der Waals surface area contributed by atoms with Gasteiger partial charge < -0.3 is 4.90 Å². The molecule has 0 aliphatic rings. The average molecular weight is 414 g/mol. The molecule has 0 aromatic rings. The molecule has 0 N–H and O–H groups in total. The Hall–Kier alpha value is -0.610. The minimum atomic E-state index is -0.236. The Balaban J connectivity index is 3.10. The topological polar surface area (TPSA) is 38.8 Å². The largest absolute Gasteiger partial charge is 0.342 e. The van der Waals surface area contributed by atoms with E-state index in [1.807, 2.05) is 14.1 Å². The Morgan fingerprint density at radius 3 is 1.52 bits per heavy atom. The number of carbonyl (C=O) groups excluding carboxylic acids is 1. The zero-order valence-electron chi connectivity index (χ0n) is 20.0. The first kappa shape index (κ1) is 28.4. The lowest BCUT2D eigenvalue weighted by Gasteiger charge is -2.08. The smallest absolute Gasteiger partial charge is 0.309 e. The fraction of sp³-hybridized carbons (Fsp3) is 0.960. The van der Waals surface area contributed by atoms with E-state index in [4.69, 9.17) is 9.78 Å². The maximum atomic E-state index is 11.5. The van der Waals surface area contributed by atoms with Crippen molar-refractivity contribution in [2.45, 2.75) is 129 Å². The number of unbranched alkanes of at least 4 members (excludes halogenated alkanes) is 16. The minimum absolute atomic E-state index is 0.236. The van der Waals surface area contributed by atoms with E-state index in [0.717, 1.165) is 25.8 Å². The van der Waals surface area contributed by atoms with E-state index in [1.165, 1.54) is 96.3 Å². The lowest BCUT2D eigenvalue weighted by molar-refractivity contribution is -0.272. The monoisotopic (exact) mass is 413 g/mol. The van der Waals surface area contributed by atoms with Crippen LogP contribution in [0.25, 0.3) is 0 Å². The Morgan fingerprint density at radius 1 is 0.621 bits per heavy atom. The highest BCUT2D eigenvalue weighted by molar-refractivity contribution is 5.68. The zero-order valence-corrected chi connectivity index (χ0v) is 20.0. The molecular weight excluding hydrogens is 362 g/mol. The van der Waals surface area contributed by atoms with Crippen LogP contribution in [-0.2, 0) is 14.6 Å². The van der Waals surface area contributed by atoms with Crippen molar-refractivity contribution in [2.75, 3.05) is 27.2 Å². The minimum Gasteiger partial charge on any atom is -0.309 e. The van der Waals surface area contributed by atoms with E-state index < -0.39 is 0 Å². The first-order chi connectivity index (χ1) is 14.2. The first-order valence-electron chi connectivity index (χ1n) is 12.6. The van der Waals surface area contributed by atoms with Gasteiger partial charge in [0.15, 0.2) is 0 Å². The summed E-state index contributed by atoms with van der Waals surface area (Å²) in [6.45, 7) is 3.82. The summed E-state index contributed by atoms with van der Waals surface area (Å²) >= 11 is 0. The van der Waals surface area contributed by atoms with E-state index in [9.17, 15) is 4.79 Å². The fourth-order valence-corrected chi connectivity index (χ4v) is 3.56. The van der Waals surface area contributed by atoms with E-state index in [1.54, 1.807) is 0 Å². The van der Waals surface area contributed by atoms with Crippen molar-refractivity contribution in [2.24, 2.45) is 0 Å². The normalized spacial score (nSPS) is 11.3. The maximum absolute atomic E-state index is 11.5. The van der Waals surface area contributed by atoms with Crippen LogP contribution in [0.15, 0.2) is 0 Å². The second kappa shape index (κ2) is 23.7. The van der Waals surface area contributed by atoms with Gasteiger partial charge in [-0.15, -0.1) is 0 Å². The first-order valence-corrected chi connectivity index (χ1v) is 12.6. The summed E-state index contributed by atoms with van der Waals surface area (Å²) in [5.41, 5.74) is 0. The molecule has 0 heterocycles. The molecule has 0 saturated carbocycles. The summed E-state index contributed by atoms with van der Waals surface area (Å²) in [7, 11) is 4.08. The second-order valence-electron chi connectivity index (χ2n) is 8.84. The van der Waals surface area contributed by atoms with Crippen LogP contribution in [0.2, 0.25) is 0 Å². The molecule has 0 aromatic heterocycles. The molecule has 4 heteroatoms. The lowest BCUT2D eigenvalue weighted by atomic mass is 10.0. The third-order valence-corrected chi connectivity index (χ3v) is 5.47. The number of hydrogen-bond donors (Lipinski definition) is 0. The van der Waals surface area contributed by atoms with Crippen molar-refractivity contribution in [1.82, 2.24) is 4.90 Å². The molecule has 0 aromatic carbocycles. The molecule has 4 nitrogen and oxygen atoms in total. The van der Waals surface area contributed by atoms with Crippen LogP contribution < -0.4 is 0 Å². The third kappa shape index (κ3) is 25.4. The highest BCUT2D eigenvalue weighted by Crippen LogP contribution is 2.13. The molecular formula is C25H51NO3. The van der Waals surface area contributed by atoms with Crippen molar-refractivity contribution in [3.8, 4) is 0 Å². The Kier molecular flexibility index (Phi) is 23.2. The standard InChI is InChI=1S/C25H51NO3/c1-4-5-6-7-8-9-10-11-12-13-14-15-16-17-18-21-24-28-29-25(27)22-19-20-23-26(2)3/h4-24H2,1-3H3. The van der Waals surface area contributed by atoms with Crippen molar-refractivity contribution < 1.29 is 14.6 Å². The van der Waals surface area contributed by atoms with Gasteiger partial charge in [-0.2, -0.15) is 4.89 Å². The van der Waals surface area contributed by atoms with Crippen molar-refractivity contribution >= 4 is 5.97 Å². The van der Waals surface area contributed by atoms with Gasteiger partial charge in [0.2, 0.25) is 0 Å². The number of hydrogen-bond acceptors (Lipinski definition) is 4. The molecule has 0 atom stereocenters. The van der Waals surface area contributed by atoms with Gasteiger partial charge in [0, 0.05) is 6.42 Å². The number of carbonyl (C=O) groups is 1. The Morgan fingerprint density at radius 2 is 1.07 bits per heavy atom. The molecule has 0 saturated heterocycles. The van der Waals surface area contributed by atoms with E-state index in [0.29, 0.717) is 13.0 Å². The third-order valence-electron chi connectivity index (χ3n) is 5.47. The maximum Gasteiger partial charge on any atom is 0.342 e. The molecule has 0 rings (SSSR count). The van der Waals surface area contributed by atoms with Gasteiger partial charge >= 0.3 is 5.97 Å². The van der Waals surface area contributed by atoms with Gasteiger partial charge in [0.25, 0.3) is 0 Å². The van der Waals surface area contributed by atoms with Gasteiger partial charge in [0.05, 0.1) is 6.61 Å². The molecule has 174 valence electrons. The molecule has 0 bridgehead atoms. The Bertz CT molecular complexity index is 334. The summed E-state index contributed by atoms with van der Waals surface area (Å²) in [4.78, 5) is 23.5. The van der Waals surface area contributed by atoms with E-state index >= 15 is 0 Å². The summed E-state index contributed by atoms with van der Waals surface area (Å²) in [6, 6.07) is 0. The van der Waals surface area contributed by atoms with Crippen LogP contribution in [0.5, 0.6) is 0 Å². The number of nitrogens with zero attached hydrogens (tertiary/aromatic N) is 1.